The van der Waals surface area contributed by atoms with Gasteiger partial charge in [0.1, 0.15) is 11.7 Å². The maximum atomic E-state index is 11.9. The van der Waals surface area contributed by atoms with E-state index in [0.29, 0.717) is 0 Å². The summed E-state index contributed by atoms with van der Waals surface area (Å²) in [4.78, 5) is 37.0. The van der Waals surface area contributed by atoms with Crippen LogP contribution in [0.5, 0.6) is 0 Å². The standard InChI is InChI=1S/C11H9Cl3N2O5/c12-4-3-15-9(8(14)7(4)13)10(19)16-5(11(20)21)1-2-6(17)18/h3,5H,1-2H2,(H,16,19)(H,17,18)(H,20,21). The number of carbonyl (C=O) groups is 3. The molecule has 0 saturated heterocycles. The molecule has 1 aromatic heterocycles. The van der Waals surface area contributed by atoms with Crippen molar-refractivity contribution in [3.8, 4) is 0 Å². The molecule has 0 aromatic carbocycles. The number of aromatic nitrogens is 1. The second-order valence-corrected chi connectivity index (χ2v) is 5.04. The maximum absolute atomic E-state index is 11.9. The minimum absolute atomic E-state index is 0.0406. The smallest absolute Gasteiger partial charge is 0.326 e. The van der Waals surface area contributed by atoms with E-state index in [9.17, 15) is 14.4 Å². The minimum atomic E-state index is -1.39. The van der Waals surface area contributed by atoms with E-state index in [1.165, 1.54) is 0 Å². The second kappa shape index (κ2) is 7.44. The molecule has 114 valence electrons. The zero-order valence-electron chi connectivity index (χ0n) is 10.3. The Bertz CT molecular complexity index is 593. The Kier molecular flexibility index (Phi) is 6.19. The Balaban J connectivity index is 2.90. The number of carboxylic acid groups (broad SMARTS) is 2. The molecule has 1 atom stereocenters. The summed E-state index contributed by atoms with van der Waals surface area (Å²) >= 11 is 17.2. The molecule has 1 heterocycles. The zero-order chi connectivity index (χ0) is 16.2. The number of rotatable bonds is 6. The number of hydrogen-bond acceptors (Lipinski definition) is 4. The van der Waals surface area contributed by atoms with Gasteiger partial charge in [-0.1, -0.05) is 34.8 Å². The summed E-state index contributed by atoms with van der Waals surface area (Å²) in [6.45, 7) is 0. The van der Waals surface area contributed by atoms with Gasteiger partial charge in [0.2, 0.25) is 0 Å². The summed E-state index contributed by atoms with van der Waals surface area (Å²) in [5.41, 5.74) is -0.298. The summed E-state index contributed by atoms with van der Waals surface area (Å²) in [7, 11) is 0. The van der Waals surface area contributed by atoms with E-state index < -0.39 is 30.3 Å². The van der Waals surface area contributed by atoms with Gasteiger partial charge in [-0.05, 0) is 6.42 Å². The third-order valence-corrected chi connectivity index (χ3v) is 3.62. The summed E-state index contributed by atoms with van der Waals surface area (Å²) < 4.78 is 0. The highest BCUT2D eigenvalue weighted by Crippen LogP contribution is 2.31. The monoisotopic (exact) mass is 354 g/mol. The Labute approximate surface area is 133 Å². The van der Waals surface area contributed by atoms with Crippen LogP contribution in [0.3, 0.4) is 0 Å². The molecule has 10 heteroatoms. The maximum Gasteiger partial charge on any atom is 0.326 e. The number of carbonyl (C=O) groups excluding carboxylic acids is 1. The molecule has 0 aliphatic heterocycles. The lowest BCUT2D eigenvalue weighted by molar-refractivity contribution is -0.140. The fourth-order valence-corrected chi connectivity index (χ4v) is 1.92. The highest BCUT2D eigenvalue weighted by atomic mass is 35.5. The van der Waals surface area contributed by atoms with Crippen molar-refractivity contribution in [3.05, 3.63) is 27.0 Å². The van der Waals surface area contributed by atoms with E-state index in [4.69, 9.17) is 45.0 Å². The van der Waals surface area contributed by atoms with Gasteiger partial charge in [-0.3, -0.25) is 9.59 Å². The molecule has 7 nitrogen and oxygen atoms in total. The largest absolute Gasteiger partial charge is 0.481 e. The van der Waals surface area contributed by atoms with Crippen LogP contribution in [0, 0.1) is 0 Å². The highest BCUT2D eigenvalue weighted by molar-refractivity contribution is 6.48. The molecule has 0 aliphatic rings. The van der Waals surface area contributed by atoms with Crippen molar-refractivity contribution in [3.63, 3.8) is 0 Å². The summed E-state index contributed by atoms with van der Waals surface area (Å²) in [5.74, 6) is -3.45. The molecule has 0 aliphatic carbocycles. The molecule has 0 bridgehead atoms. The van der Waals surface area contributed by atoms with Crippen LogP contribution in [0.25, 0.3) is 0 Å². The quantitative estimate of drug-likeness (QED) is 0.719. The number of pyridine rings is 1. The fraction of sp³-hybridized carbons (Fsp3) is 0.273. The van der Waals surface area contributed by atoms with Gasteiger partial charge in [-0.25, -0.2) is 9.78 Å². The van der Waals surface area contributed by atoms with E-state index in [2.05, 4.69) is 10.3 Å². The Morgan fingerprint density at radius 2 is 1.81 bits per heavy atom. The molecule has 1 amide bonds. The topological polar surface area (TPSA) is 117 Å². The molecule has 0 spiro atoms. The third-order valence-electron chi connectivity index (χ3n) is 2.38. The van der Waals surface area contributed by atoms with Gasteiger partial charge < -0.3 is 15.5 Å². The van der Waals surface area contributed by atoms with Crippen molar-refractivity contribution in [1.29, 1.82) is 0 Å². The van der Waals surface area contributed by atoms with Crippen molar-refractivity contribution >= 4 is 52.6 Å². The van der Waals surface area contributed by atoms with Crippen LogP contribution in [0.1, 0.15) is 23.3 Å². The number of aliphatic carboxylic acids is 2. The first-order chi connectivity index (χ1) is 9.73. The molecule has 21 heavy (non-hydrogen) atoms. The zero-order valence-corrected chi connectivity index (χ0v) is 12.5. The Morgan fingerprint density at radius 3 is 2.33 bits per heavy atom. The summed E-state index contributed by atoms with van der Waals surface area (Å²) in [6, 6.07) is -1.39. The van der Waals surface area contributed by atoms with Crippen molar-refractivity contribution in [1.82, 2.24) is 10.3 Å². The molecule has 1 rings (SSSR count). The normalized spacial score (nSPS) is 11.8. The average molecular weight is 356 g/mol. The van der Waals surface area contributed by atoms with Gasteiger partial charge in [0, 0.05) is 12.6 Å². The molecular formula is C11H9Cl3N2O5. The summed E-state index contributed by atoms with van der Waals surface area (Å²) in [5, 5.41) is 19.3. The Hall–Kier alpha value is -1.57. The van der Waals surface area contributed by atoms with Gasteiger partial charge in [0.15, 0.2) is 0 Å². The molecule has 0 radical (unpaired) electrons. The third kappa shape index (κ3) is 4.73. The number of nitrogens with zero attached hydrogens (tertiary/aromatic N) is 1. The van der Waals surface area contributed by atoms with Crippen LogP contribution in [0.15, 0.2) is 6.20 Å². The number of carboxylic acids is 2. The van der Waals surface area contributed by atoms with Gasteiger partial charge >= 0.3 is 11.9 Å². The number of hydrogen-bond donors (Lipinski definition) is 3. The molecule has 1 unspecified atom stereocenters. The van der Waals surface area contributed by atoms with Gasteiger partial charge in [-0.2, -0.15) is 0 Å². The summed E-state index contributed by atoms with van der Waals surface area (Å²) in [6.07, 6.45) is 0.396. The minimum Gasteiger partial charge on any atom is -0.481 e. The van der Waals surface area contributed by atoms with Crippen LogP contribution in [0.2, 0.25) is 15.1 Å². The van der Waals surface area contributed by atoms with Crippen molar-refractivity contribution in [2.24, 2.45) is 0 Å². The molecular weight excluding hydrogens is 346 g/mol. The lowest BCUT2D eigenvalue weighted by atomic mass is 10.1. The molecule has 3 N–H and O–H groups in total. The predicted octanol–water partition coefficient (Wildman–Crippen LogP) is 2.09. The first-order valence-corrected chi connectivity index (χ1v) is 6.62. The van der Waals surface area contributed by atoms with Crippen LogP contribution in [-0.2, 0) is 9.59 Å². The first kappa shape index (κ1) is 17.5. The van der Waals surface area contributed by atoms with E-state index in [0.717, 1.165) is 6.20 Å². The van der Waals surface area contributed by atoms with E-state index in [1.54, 1.807) is 0 Å². The van der Waals surface area contributed by atoms with Gasteiger partial charge in [0.25, 0.3) is 5.91 Å². The lowest BCUT2D eigenvalue weighted by Gasteiger charge is -2.14. The highest BCUT2D eigenvalue weighted by Gasteiger charge is 2.24. The SMILES string of the molecule is O=C(O)CCC(NC(=O)c1ncc(Cl)c(Cl)c1Cl)C(=O)O. The average Bonchev–Trinajstić information content (AvgIpc) is 2.40. The Morgan fingerprint density at radius 1 is 1.19 bits per heavy atom. The molecule has 0 saturated carbocycles. The van der Waals surface area contributed by atoms with Crippen molar-refractivity contribution in [2.75, 3.05) is 0 Å². The van der Waals surface area contributed by atoms with E-state index in [-0.39, 0.29) is 27.2 Å². The second-order valence-electron chi connectivity index (χ2n) is 3.88. The van der Waals surface area contributed by atoms with Crippen LogP contribution in [0.4, 0.5) is 0 Å². The predicted molar refractivity (Wildman–Crippen MR) is 75.0 cm³/mol. The lowest BCUT2D eigenvalue weighted by Crippen LogP contribution is -2.41. The van der Waals surface area contributed by atoms with Crippen molar-refractivity contribution in [2.45, 2.75) is 18.9 Å². The van der Waals surface area contributed by atoms with Crippen molar-refractivity contribution < 1.29 is 24.6 Å². The fourth-order valence-electron chi connectivity index (χ4n) is 1.35. The van der Waals surface area contributed by atoms with Crippen LogP contribution < -0.4 is 5.32 Å². The van der Waals surface area contributed by atoms with Gasteiger partial charge in [0.05, 0.1) is 15.1 Å². The van der Waals surface area contributed by atoms with E-state index in [1.807, 2.05) is 0 Å². The van der Waals surface area contributed by atoms with Crippen LogP contribution >= 0.6 is 34.8 Å². The first-order valence-electron chi connectivity index (χ1n) is 5.49. The van der Waals surface area contributed by atoms with Gasteiger partial charge in [-0.15, -0.1) is 0 Å². The number of amides is 1. The molecule has 1 aromatic rings. The number of nitrogens with one attached hydrogen (secondary N) is 1. The van der Waals surface area contributed by atoms with Crippen LogP contribution in [-0.4, -0.2) is 39.1 Å². The van der Waals surface area contributed by atoms with E-state index >= 15 is 0 Å². The molecule has 0 fully saturated rings. The number of halogens is 3.